The summed E-state index contributed by atoms with van der Waals surface area (Å²) in [5.74, 6) is -1.00. The van der Waals surface area contributed by atoms with Crippen LogP contribution in [0.5, 0.6) is 0 Å². The van der Waals surface area contributed by atoms with Gasteiger partial charge >= 0.3 is 11.9 Å². The van der Waals surface area contributed by atoms with Gasteiger partial charge in [0.2, 0.25) is 10.5 Å². The Morgan fingerprint density at radius 1 is 1.31 bits per heavy atom. The number of hydrogen-bond donors (Lipinski definition) is 0. The second kappa shape index (κ2) is 7.54. The van der Waals surface area contributed by atoms with Gasteiger partial charge in [-0.1, -0.05) is 13.3 Å². The molecule has 0 heterocycles. The van der Waals surface area contributed by atoms with Crippen molar-refractivity contribution in [2.45, 2.75) is 19.8 Å². The molecule has 4 nitrogen and oxygen atoms in total. The SMILES string of the molecule is CCCCOC(=O)/C=C/C(=O)O[SiH3]. The number of esters is 1. The molecule has 0 spiro atoms. The minimum atomic E-state index is -0.501. The summed E-state index contributed by atoms with van der Waals surface area (Å²) in [6.07, 6.45) is 3.96. The molecule has 0 aliphatic carbocycles. The van der Waals surface area contributed by atoms with Crippen LogP contribution in [0.3, 0.4) is 0 Å². The number of rotatable bonds is 5. The molecular formula is C8H14O4Si. The van der Waals surface area contributed by atoms with Crippen molar-refractivity contribution in [3.05, 3.63) is 12.2 Å². The lowest BCUT2D eigenvalue weighted by atomic mass is 10.4. The third-order valence-electron chi connectivity index (χ3n) is 1.30. The van der Waals surface area contributed by atoms with E-state index < -0.39 is 11.9 Å². The topological polar surface area (TPSA) is 52.6 Å². The minimum absolute atomic E-state index is 0.333. The molecule has 0 aromatic carbocycles. The van der Waals surface area contributed by atoms with Crippen molar-refractivity contribution in [1.82, 2.24) is 0 Å². The fraction of sp³-hybridized carbons (Fsp3) is 0.500. The van der Waals surface area contributed by atoms with E-state index in [9.17, 15) is 9.59 Å². The maximum atomic E-state index is 10.8. The zero-order valence-corrected chi connectivity index (χ0v) is 9.91. The second-order valence-electron chi connectivity index (χ2n) is 2.38. The van der Waals surface area contributed by atoms with Crippen molar-refractivity contribution in [3.63, 3.8) is 0 Å². The molecule has 0 amide bonds. The zero-order valence-electron chi connectivity index (χ0n) is 7.91. The highest BCUT2D eigenvalue weighted by molar-refractivity contribution is 6.08. The molecule has 0 saturated carbocycles. The summed E-state index contributed by atoms with van der Waals surface area (Å²) >= 11 is 0. The highest BCUT2D eigenvalue weighted by Crippen LogP contribution is 1.89. The predicted octanol–water partition coefficient (Wildman–Crippen LogP) is -0.291. The fourth-order valence-electron chi connectivity index (χ4n) is 0.569. The minimum Gasteiger partial charge on any atom is -0.526 e. The Morgan fingerprint density at radius 3 is 2.46 bits per heavy atom. The van der Waals surface area contributed by atoms with Crippen molar-refractivity contribution in [1.29, 1.82) is 0 Å². The van der Waals surface area contributed by atoms with E-state index in [1.165, 1.54) is 0 Å². The molecule has 0 radical (unpaired) electrons. The first-order valence-electron chi connectivity index (χ1n) is 4.13. The lowest BCUT2D eigenvalue weighted by Crippen LogP contribution is -2.04. The van der Waals surface area contributed by atoms with E-state index in [-0.39, 0.29) is 0 Å². The van der Waals surface area contributed by atoms with Gasteiger partial charge in [0.05, 0.1) is 6.61 Å². The maximum absolute atomic E-state index is 10.8. The van der Waals surface area contributed by atoms with E-state index in [1.807, 2.05) is 6.92 Å². The maximum Gasteiger partial charge on any atom is 0.331 e. The molecule has 0 aliphatic heterocycles. The smallest absolute Gasteiger partial charge is 0.331 e. The summed E-state index contributed by atoms with van der Waals surface area (Å²) in [7, 11) is 0.333. The van der Waals surface area contributed by atoms with Crippen LogP contribution in [0.15, 0.2) is 12.2 Å². The Bertz CT molecular complexity index is 200. The van der Waals surface area contributed by atoms with Crippen LogP contribution < -0.4 is 0 Å². The van der Waals surface area contributed by atoms with Crippen molar-refractivity contribution >= 4 is 22.4 Å². The van der Waals surface area contributed by atoms with E-state index in [2.05, 4.69) is 4.43 Å². The molecule has 0 aromatic heterocycles. The third kappa shape index (κ3) is 7.26. The molecule has 0 bridgehead atoms. The van der Waals surface area contributed by atoms with Gasteiger partial charge in [0.25, 0.3) is 0 Å². The first-order valence-corrected chi connectivity index (χ1v) is 4.95. The molecule has 0 unspecified atom stereocenters. The average Bonchev–Trinajstić information content (AvgIpc) is 2.14. The van der Waals surface area contributed by atoms with E-state index in [1.54, 1.807) is 0 Å². The van der Waals surface area contributed by atoms with Gasteiger partial charge in [-0.3, -0.25) is 0 Å². The number of ether oxygens (including phenoxy) is 1. The van der Waals surface area contributed by atoms with Crippen molar-refractivity contribution in [2.24, 2.45) is 0 Å². The molecule has 0 rings (SSSR count). The van der Waals surface area contributed by atoms with E-state index >= 15 is 0 Å². The summed E-state index contributed by atoms with van der Waals surface area (Å²) in [5.41, 5.74) is 0. The van der Waals surface area contributed by atoms with Crippen LogP contribution in [0.25, 0.3) is 0 Å². The van der Waals surface area contributed by atoms with Crippen LogP contribution in [-0.2, 0) is 18.8 Å². The van der Waals surface area contributed by atoms with E-state index in [0.717, 1.165) is 25.0 Å². The second-order valence-corrected chi connectivity index (χ2v) is 2.79. The molecule has 0 saturated heterocycles. The first kappa shape index (κ1) is 11.9. The Morgan fingerprint density at radius 2 is 1.92 bits per heavy atom. The quantitative estimate of drug-likeness (QED) is 0.266. The van der Waals surface area contributed by atoms with Gasteiger partial charge in [-0.05, 0) is 6.42 Å². The molecule has 0 atom stereocenters. The number of hydrogen-bond acceptors (Lipinski definition) is 4. The van der Waals surface area contributed by atoms with Gasteiger partial charge in [0.15, 0.2) is 0 Å². The summed E-state index contributed by atoms with van der Waals surface area (Å²) in [6.45, 7) is 2.40. The average molecular weight is 202 g/mol. The number of carbonyl (C=O) groups excluding carboxylic acids is 2. The first-order chi connectivity index (χ1) is 6.20. The molecule has 0 fully saturated rings. The highest BCUT2D eigenvalue weighted by atomic mass is 28.2. The van der Waals surface area contributed by atoms with Crippen molar-refractivity contribution in [3.8, 4) is 0 Å². The standard InChI is InChI=1S/C8H14O4Si/c1-2-3-6-11-7(9)4-5-8(10)12-13/h4-5H,2-3,6H2,1,13H3/b5-4+. The Hall–Kier alpha value is -1.10. The molecule has 0 aliphatic rings. The van der Waals surface area contributed by atoms with Crippen molar-refractivity contribution in [2.75, 3.05) is 6.61 Å². The normalized spacial score (nSPS) is 10.2. The lowest BCUT2D eigenvalue weighted by molar-refractivity contribution is -0.138. The van der Waals surface area contributed by atoms with Crippen LogP contribution in [0, 0.1) is 0 Å². The molecule has 5 heteroatoms. The monoisotopic (exact) mass is 202 g/mol. The number of carbonyl (C=O) groups is 2. The van der Waals surface area contributed by atoms with Crippen LogP contribution in [0.1, 0.15) is 19.8 Å². The lowest BCUT2D eigenvalue weighted by Gasteiger charge is -1.98. The van der Waals surface area contributed by atoms with Gasteiger partial charge in [0.1, 0.15) is 0 Å². The molecular weight excluding hydrogens is 188 g/mol. The predicted molar refractivity (Wildman–Crippen MR) is 51.0 cm³/mol. The fourth-order valence-corrected chi connectivity index (χ4v) is 0.705. The Kier molecular flexibility index (Phi) is 6.90. The summed E-state index contributed by atoms with van der Waals surface area (Å²) in [6, 6.07) is 0. The van der Waals surface area contributed by atoms with E-state index in [0.29, 0.717) is 17.1 Å². The third-order valence-corrected chi connectivity index (χ3v) is 1.70. The molecule has 0 N–H and O–H groups in total. The Balaban J connectivity index is 3.61. The number of unbranched alkanes of at least 4 members (excludes halogenated alkanes) is 1. The van der Waals surface area contributed by atoms with Crippen molar-refractivity contribution < 1.29 is 18.8 Å². The molecule has 74 valence electrons. The van der Waals surface area contributed by atoms with Gasteiger partial charge < -0.3 is 9.16 Å². The molecule has 0 aromatic rings. The summed E-state index contributed by atoms with van der Waals surface area (Å²) < 4.78 is 9.19. The van der Waals surface area contributed by atoms with Gasteiger partial charge in [-0.25, -0.2) is 9.59 Å². The Labute approximate surface area is 80.4 Å². The van der Waals surface area contributed by atoms with Crippen LogP contribution >= 0.6 is 0 Å². The largest absolute Gasteiger partial charge is 0.526 e. The van der Waals surface area contributed by atoms with Crippen LogP contribution in [0.2, 0.25) is 0 Å². The van der Waals surface area contributed by atoms with E-state index in [4.69, 9.17) is 4.74 Å². The molecule has 13 heavy (non-hydrogen) atoms. The summed E-state index contributed by atoms with van der Waals surface area (Å²) in [5, 5.41) is 0. The highest BCUT2D eigenvalue weighted by Gasteiger charge is 1.97. The van der Waals surface area contributed by atoms with Gasteiger partial charge in [-0.2, -0.15) is 0 Å². The van der Waals surface area contributed by atoms with Gasteiger partial charge in [-0.15, -0.1) is 0 Å². The van der Waals surface area contributed by atoms with Crippen LogP contribution in [0.4, 0.5) is 0 Å². The van der Waals surface area contributed by atoms with Crippen LogP contribution in [-0.4, -0.2) is 29.0 Å². The summed E-state index contributed by atoms with van der Waals surface area (Å²) in [4.78, 5) is 21.4. The zero-order chi connectivity index (χ0) is 10.1. The van der Waals surface area contributed by atoms with Gasteiger partial charge in [0, 0.05) is 12.2 Å².